The van der Waals surface area contributed by atoms with Crippen molar-refractivity contribution >= 4 is 0 Å². The Labute approximate surface area is 113 Å². The van der Waals surface area contributed by atoms with E-state index in [1.165, 1.54) is 57.8 Å². The zero-order valence-corrected chi connectivity index (χ0v) is 12.3. The Kier molecular flexibility index (Phi) is 4.71. The van der Waals surface area contributed by atoms with E-state index < -0.39 is 0 Å². The molecule has 106 valence electrons. The van der Waals surface area contributed by atoms with E-state index in [4.69, 9.17) is 11.5 Å². The van der Waals surface area contributed by atoms with E-state index >= 15 is 0 Å². The van der Waals surface area contributed by atoms with Gasteiger partial charge in [-0.1, -0.05) is 33.1 Å². The topological polar surface area (TPSA) is 52.0 Å². The summed E-state index contributed by atoms with van der Waals surface area (Å²) in [5.41, 5.74) is 12.9. The maximum atomic E-state index is 6.21. The van der Waals surface area contributed by atoms with Crippen molar-refractivity contribution in [1.82, 2.24) is 0 Å². The Hall–Kier alpha value is -0.0800. The van der Waals surface area contributed by atoms with Crippen LogP contribution in [0.2, 0.25) is 0 Å². The van der Waals surface area contributed by atoms with Crippen molar-refractivity contribution in [2.24, 2.45) is 28.7 Å². The van der Waals surface area contributed by atoms with Gasteiger partial charge in [0.05, 0.1) is 0 Å². The lowest BCUT2D eigenvalue weighted by molar-refractivity contribution is 0.0278. The standard InChI is InChI=1S/C16H32N2/c1-3-16(2,12-6-4-8-14(17)10-12)13-7-5-9-15(18)11-13/h12-15H,3-11,17-18H2,1-2H3. The van der Waals surface area contributed by atoms with Crippen molar-refractivity contribution in [2.75, 3.05) is 0 Å². The van der Waals surface area contributed by atoms with Gasteiger partial charge in [0.2, 0.25) is 0 Å². The molecule has 0 radical (unpaired) electrons. The normalized spacial score (nSPS) is 41.3. The van der Waals surface area contributed by atoms with Crippen molar-refractivity contribution in [3.05, 3.63) is 0 Å². The maximum Gasteiger partial charge on any atom is 0.00416 e. The summed E-state index contributed by atoms with van der Waals surface area (Å²) in [6, 6.07) is 0.902. The molecule has 4 atom stereocenters. The number of hydrogen-bond donors (Lipinski definition) is 2. The summed E-state index contributed by atoms with van der Waals surface area (Å²) in [4.78, 5) is 0. The van der Waals surface area contributed by atoms with Gasteiger partial charge >= 0.3 is 0 Å². The highest BCUT2D eigenvalue weighted by Crippen LogP contribution is 2.50. The second kappa shape index (κ2) is 5.92. The molecule has 0 aliphatic heterocycles. The Balaban J connectivity index is 2.07. The summed E-state index contributed by atoms with van der Waals surface area (Å²) in [5.74, 6) is 1.67. The van der Waals surface area contributed by atoms with Gasteiger partial charge in [-0.15, -0.1) is 0 Å². The molecule has 0 bridgehead atoms. The van der Waals surface area contributed by atoms with Gasteiger partial charge in [-0.3, -0.25) is 0 Å². The molecule has 0 spiro atoms. The fourth-order valence-corrected chi connectivity index (χ4v) is 4.56. The van der Waals surface area contributed by atoms with E-state index in [9.17, 15) is 0 Å². The lowest BCUT2D eigenvalue weighted by Crippen LogP contribution is -2.44. The molecule has 0 saturated heterocycles. The summed E-state index contributed by atoms with van der Waals surface area (Å²) >= 11 is 0. The minimum absolute atomic E-state index is 0.451. The van der Waals surface area contributed by atoms with Crippen molar-refractivity contribution in [1.29, 1.82) is 0 Å². The first-order valence-corrected chi connectivity index (χ1v) is 8.07. The largest absolute Gasteiger partial charge is 0.328 e. The highest BCUT2D eigenvalue weighted by molar-refractivity contribution is 4.94. The van der Waals surface area contributed by atoms with Crippen LogP contribution in [0.5, 0.6) is 0 Å². The molecule has 0 amide bonds. The Morgan fingerprint density at radius 1 is 0.889 bits per heavy atom. The molecule has 2 nitrogen and oxygen atoms in total. The zero-order chi connectivity index (χ0) is 13.2. The van der Waals surface area contributed by atoms with E-state index in [1.54, 1.807) is 0 Å². The lowest BCUT2D eigenvalue weighted by atomic mass is 9.58. The van der Waals surface area contributed by atoms with E-state index in [0.717, 1.165) is 11.8 Å². The molecule has 4 unspecified atom stereocenters. The van der Waals surface area contributed by atoms with Crippen LogP contribution in [-0.4, -0.2) is 12.1 Å². The summed E-state index contributed by atoms with van der Waals surface area (Å²) < 4.78 is 0. The van der Waals surface area contributed by atoms with Crippen LogP contribution in [0.15, 0.2) is 0 Å². The average molecular weight is 252 g/mol. The van der Waals surface area contributed by atoms with Crippen LogP contribution >= 0.6 is 0 Å². The minimum Gasteiger partial charge on any atom is -0.328 e. The van der Waals surface area contributed by atoms with Gasteiger partial charge in [-0.2, -0.15) is 0 Å². The van der Waals surface area contributed by atoms with Crippen molar-refractivity contribution < 1.29 is 0 Å². The van der Waals surface area contributed by atoms with Crippen molar-refractivity contribution in [2.45, 2.75) is 83.7 Å². The van der Waals surface area contributed by atoms with E-state index in [0.29, 0.717) is 17.5 Å². The van der Waals surface area contributed by atoms with Crippen LogP contribution in [0.25, 0.3) is 0 Å². The Bertz CT molecular complexity index is 242. The van der Waals surface area contributed by atoms with Gasteiger partial charge in [0.15, 0.2) is 0 Å². The minimum atomic E-state index is 0.451. The third kappa shape index (κ3) is 2.91. The summed E-state index contributed by atoms with van der Waals surface area (Å²) in [6.07, 6.45) is 11.7. The second-order valence-corrected chi connectivity index (χ2v) is 7.11. The van der Waals surface area contributed by atoms with E-state index in [1.807, 2.05) is 0 Å². The SMILES string of the molecule is CCC(C)(C1CCCC(N)C1)C1CCCC(N)C1. The number of hydrogen-bond acceptors (Lipinski definition) is 2. The molecule has 2 aliphatic carbocycles. The molecule has 0 aromatic heterocycles. The first kappa shape index (κ1) is 14.3. The van der Waals surface area contributed by atoms with Crippen LogP contribution in [0, 0.1) is 17.3 Å². The van der Waals surface area contributed by atoms with Gasteiger partial charge < -0.3 is 11.5 Å². The van der Waals surface area contributed by atoms with Crippen molar-refractivity contribution in [3.63, 3.8) is 0 Å². The Morgan fingerprint density at radius 3 is 1.67 bits per heavy atom. The van der Waals surface area contributed by atoms with Gasteiger partial charge in [0, 0.05) is 12.1 Å². The quantitative estimate of drug-likeness (QED) is 0.808. The average Bonchev–Trinajstić information content (AvgIpc) is 2.38. The molecule has 2 fully saturated rings. The van der Waals surface area contributed by atoms with Crippen LogP contribution in [0.4, 0.5) is 0 Å². The molecule has 2 heteroatoms. The van der Waals surface area contributed by atoms with E-state index in [2.05, 4.69) is 13.8 Å². The van der Waals surface area contributed by atoms with Gasteiger partial charge in [0.25, 0.3) is 0 Å². The highest BCUT2D eigenvalue weighted by atomic mass is 14.7. The molecule has 0 aromatic carbocycles. The van der Waals surface area contributed by atoms with Crippen LogP contribution in [0.3, 0.4) is 0 Å². The smallest absolute Gasteiger partial charge is 0.00416 e. The highest BCUT2D eigenvalue weighted by Gasteiger charge is 2.42. The van der Waals surface area contributed by atoms with E-state index in [-0.39, 0.29) is 0 Å². The first-order chi connectivity index (χ1) is 8.56. The predicted octanol–water partition coefficient (Wildman–Crippen LogP) is 3.44. The van der Waals surface area contributed by atoms with Crippen LogP contribution < -0.4 is 11.5 Å². The molecule has 4 N–H and O–H groups in total. The molecule has 2 saturated carbocycles. The second-order valence-electron chi connectivity index (χ2n) is 7.11. The fraction of sp³-hybridized carbons (Fsp3) is 1.00. The molecule has 18 heavy (non-hydrogen) atoms. The maximum absolute atomic E-state index is 6.21. The lowest BCUT2D eigenvalue weighted by Gasteiger charge is -2.48. The third-order valence-corrected chi connectivity index (χ3v) is 6.06. The summed E-state index contributed by atoms with van der Waals surface area (Å²) in [6.45, 7) is 4.90. The summed E-state index contributed by atoms with van der Waals surface area (Å²) in [7, 11) is 0. The predicted molar refractivity (Wildman–Crippen MR) is 78.3 cm³/mol. The van der Waals surface area contributed by atoms with Crippen LogP contribution in [0.1, 0.15) is 71.6 Å². The molecule has 0 aromatic rings. The molecule has 2 aliphatic rings. The van der Waals surface area contributed by atoms with Gasteiger partial charge in [-0.05, 0) is 55.8 Å². The Morgan fingerprint density at radius 2 is 1.33 bits per heavy atom. The fourth-order valence-electron chi connectivity index (χ4n) is 4.56. The van der Waals surface area contributed by atoms with Crippen LogP contribution in [-0.2, 0) is 0 Å². The number of nitrogens with two attached hydrogens (primary N) is 2. The molecule has 0 heterocycles. The number of rotatable bonds is 3. The molecular formula is C16H32N2. The zero-order valence-electron chi connectivity index (χ0n) is 12.3. The first-order valence-electron chi connectivity index (χ1n) is 8.07. The van der Waals surface area contributed by atoms with Gasteiger partial charge in [0.1, 0.15) is 0 Å². The molecule has 2 rings (SSSR count). The summed E-state index contributed by atoms with van der Waals surface area (Å²) in [5, 5.41) is 0. The third-order valence-electron chi connectivity index (χ3n) is 6.06. The monoisotopic (exact) mass is 252 g/mol. The molecular weight excluding hydrogens is 220 g/mol. The van der Waals surface area contributed by atoms with Gasteiger partial charge in [-0.25, -0.2) is 0 Å². The van der Waals surface area contributed by atoms with Crippen molar-refractivity contribution in [3.8, 4) is 0 Å².